The first-order valence-electron chi connectivity index (χ1n) is 10.1. The van der Waals surface area contributed by atoms with Gasteiger partial charge in [0.15, 0.2) is 11.6 Å². The predicted molar refractivity (Wildman–Crippen MR) is 110 cm³/mol. The molecule has 2 aromatic rings. The predicted octanol–water partition coefficient (Wildman–Crippen LogP) is 1.93. The first-order chi connectivity index (χ1) is 14.8. The second kappa shape index (κ2) is 8.08. The molecule has 0 radical (unpaired) electrons. The Balaban J connectivity index is 1.91. The van der Waals surface area contributed by atoms with Crippen molar-refractivity contribution in [3.05, 3.63) is 33.9 Å². The van der Waals surface area contributed by atoms with Crippen LogP contribution < -0.4 is 20.8 Å². The van der Waals surface area contributed by atoms with Gasteiger partial charge < -0.3 is 29.8 Å². The number of nitrogens with two attached hydrogens (primary N) is 1. The van der Waals surface area contributed by atoms with E-state index in [2.05, 4.69) is 0 Å². The fourth-order valence-electron chi connectivity index (χ4n) is 4.44. The van der Waals surface area contributed by atoms with Crippen molar-refractivity contribution in [2.75, 3.05) is 38.8 Å². The molecule has 3 N–H and O–H groups in total. The summed E-state index contributed by atoms with van der Waals surface area (Å²) in [5.41, 5.74) is 5.20. The van der Waals surface area contributed by atoms with Gasteiger partial charge in [-0.3, -0.25) is 4.79 Å². The fourth-order valence-corrected chi connectivity index (χ4v) is 4.44. The largest absolute Gasteiger partial charge is 0.492 e. The van der Waals surface area contributed by atoms with Gasteiger partial charge in [0.25, 0.3) is 0 Å². The maximum absolute atomic E-state index is 15.3. The maximum Gasteiger partial charge on any atom is 0.341 e. The van der Waals surface area contributed by atoms with Crippen LogP contribution in [-0.4, -0.2) is 61.8 Å². The van der Waals surface area contributed by atoms with Crippen LogP contribution in [0.3, 0.4) is 0 Å². The summed E-state index contributed by atoms with van der Waals surface area (Å²) in [5.74, 6) is -2.02. The summed E-state index contributed by atoms with van der Waals surface area (Å²) in [5, 5.41) is 9.25. The summed E-state index contributed by atoms with van der Waals surface area (Å²) in [6.45, 7) is 1.37. The van der Waals surface area contributed by atoms with Gasteiger partial charge in [0.2, 0.25) is 5.43 Å². The molecule has 1 aromatic carbocycles. The summed E-state index contributed by atoms with van der Waals surface area (Å²) >= 11 is 0. The number of aromatic nitrogens is 1. The molecular weight excluding hydrogens is 412 g/mol. The molecule has 4 atom stereocenters. The van der Waals surface area contributed by atoms with Crippen LogP contribution in [0.5, 0.6) is 5.75 Å². The van der Waals surface area contributed by atoms with Crippen LogP contribution in [-0.2, 0) is 4.74 Å². The van der Waals surface area contributed by atoms with E-state index in [9.17, 15) is 19.1 Å². The van der Waals surface area contributed by atoms with Crippen LogP contribution in [0.2, 0.25) is 0 Å². The monoisotopic (exact) mass is 437 g/mol. The zero-order chi connectivity index (χ0) is 22.4. The third-order valence-electron chi connectivity index (χ3n) is 6.17. The lowest BCUT2D eigenvalue weighted by molar-refractivity contribution is 0.0694. The number of ether oxygens (including phenoxy) is 2. The van der Waals surface area contributed by atoms with E-state index in [0.29, 0.717) is 26.1 Å². The van der Waals surface area contributed by atoms with Gasteiger partial charge in [-0.2, -0.15) is 0 Å². The van der Waals surface area contributed by atoms with Crippen LogP contribution in [0.4, 0.5) is 14.5 Å². The van der Waals surface area contributed by atoms with E-state index in [-0.39, 0.29) is 40.7 Å². The summed E-state index contributed by atoms with van der Waals surface area (Å²) in [6.07, 6.45) is 0.840. The standard InChI is InChI=1S/C21H25F2N3O5/c1-30-4-3-10-7-25(9-15(10)24)18-14(23)5-11-17(20(18)31-2)26(16-6-13(16)22)8-12(19(11)27)21(28)29/h5,8,10,13,15-16H,3-4,6-7,9,24H2,1-2H3,(H,28,29). The van der Waals surface area contributed by atoms with Gasteiger partial charge in [-0.25, -0.2) is 13.6 Å². The molecule has 1 saturated heterocycles. The number of pyridine rings is 1. The quantitative estimate of drug-likeness (QED) is 0.682. The Kier molecular flexibility index (Phi) is 5.61. The van der Waals surface area contributed by atoms with E-state index >= 15 is 4.39 Å². The zero-order valence-electron chi connectivity index (χ0n) is 17.3. The number of benzene rings is 1. The molecule has 0 spiro atoms. The highest BCUT2D eigenvalue weighted by atomic mass is 19.1. The normalized spacial score (nSPS) is 25.3. The topological polar surface area (TPSA) is 107 Å². The van der Waals surface area contributed by atoms with Crippen molar-refractivity contribution in [1.82, 2.24) is 4.57 Å². The van der Waals surface area contributed by atoms with Crippen molar-refractivity contribution in [2.45, 2.75) is 31.1 Å². The number of hydrogen-bond acceptors (Lipinski definition) is 6. The maximum atomic E-state index is 15.3. The van der Waals surface area contributed by atoms with Crippen LogP contribution in [0.15, 0.2) is 17.1 Å². The number of halogens is 2. The molecule has 4 rings (SSSR count). The minimum Gasteiger partial charge on any atom is -0.492 e. The number of methoxy groups -OCH3 is 2. The van der Waals surface area contributed by atoms with E-state index < -0.39 is 35.0 Å². The number of hydrogen-bond donors (Lipinski definition) is 2. The van der Waals surface area contributed by atoms with Crippen molar-refractivity contribution in [3.8, 4) is 5.75 Å². The highest BCUT2D eigenvalue weighted by Gasteiger charge is 2.42. The minimum absolute atomic E-state index is 0.0720. The average molecular weight is 437 g/mol. The number of nitrogens with zero attached hydrogens (tertiary/aromatic N) is 2. The lowest BCUT2D eigenvalue weighted by atomic mass is 10.0. The molecule has 0 amide bonds. The number of carboxylic acid groups (broad SMARTS) is 1. The van der Waals surface area contributed by atoms with Gasteiger partial charge in [-0.1, -0.05) is 0 Å². The Morgan fingerprint density at radius 3 is 2.65 bits per heavy atom. The van der Waals surface area contributed by atoms with Gasteiger partial charge in [-0.15, -0.1) is 0 Å². The third-order valence-corrected chi connectivity index (χ3v) is 6.17. The molecule has 10 heteroatoms. The Morgan fingerprint density at radius 2 is 2.06 bits per heavy atom. The Hall–Kier alpha value is -2.72. The molecule has 8 nitrogen and oxygen atoms in total. The molecular formula is C21H25F2N3O5. The summed E-state index contributed by atoms with van der Waals surface area (Å²) in [7, 11) is 2.95. The second-order valence-electron chi connectivity index (χ2n) is 8.15. The van der Waals surface area contributed by atoms with E-state index in [1.54, 1.807) is 12.0 Å². The highest BCUT2D eigenvalue weighted by Crippen LogP contribution is 2.46. The summed E-state index contributed by atoms with van der Waals surface area (Å²) < 4.78 is 41.3. The van der Waals surface area contributed by atoms with Crippen molar-refractivity contribution < 1.29 is 28.2 Å². The minimum atomic E-state index is -1.45. The lowest BCUT2D eigenvalue weighted by Crippen LogP contribution is -2.30. The van der Waals surface area contributed by atoms with E-state index in [1.807, 2.05) is 0 Å². The molecule has 2 heterocycles. The van der Waals surface area contributed by atoms with E-state index in [0.717, 1.165) is 12.3 Å². The molecule has 0 bridgehead atoms. The summed E-state index contributed by atoms with van der Waals surface area (Å²) in [6, 6.07) is 0.177. The lowest BCUT2D eigenvalue weighted by Gasteiger charge is -2.24. The molecule has 1 saturated carbocycles. The second-order valence-corrected chi connectivity index (χ2v) is 8.15. The van der Waals surface area contributed by atoms with Crippen LogP contribution in [0.25, 0.3) is 10.9 Å². The molecule has 4 unspecified atom stereocenters. The molecule has 1 aromatic heterocycles. The molecule has 31 heavy (non-hydrogen) atoms. The number of aromatic carboxylic acids is 1. The smallest absolute Gasteiger partial charge is 0.341 e. The number of fused-ring (bicyclic) bond motifs is 1. The van der Waals surface area contributed by atoms with Gasteiger partial charge in [-0.05, 0) is 18.4 Å². The molecule has 2 aliphatic rings. The zero-order valence-corrected chi connectivity index (χ0v) is 17.3. The number of rotatable bonds is 7. The van der Waals surface area contributed by atoms with Crippen molar-refractivity contribution >= 4 is 22.6 Å². The first-order valence-corrected chi connectivity index (χ1v) is 10.1. The summed E-state index contributed by atoms with van der Waals surface area (Å²) in [4.78, 5) is 26.1. The first kappa shape index (κ1) is 21.5. The number of carboxylic acids is 1. The number of anilines is 1. The van der Waals surface area contributed by atoms with Crippen LogP contribution in [0.1, 0.15) is 29.2 Å². The van der Waals surface area contributed by atoms with Crippen LogP contribution >= 0.6 is 0 Å². The van der Waals surface area contributed by atoms with Gasteiger partial charge in [0.05, 0.1) is 24.1 Å². The third kappa shape index (κ3) is 3.63. The molecule has 168 valence electrons. The SMILES string of the molecule is COCCC1CN(c2c(F)cc3c(=O)c(C(=O)O)cn(C4CC4F)c3c2OC)CC1N. The van der Waals surface area contributed by atoms with E-state index in [1.165, 1.54) is 11.7 Å². The Labute approximate surface area is 177 Å². The molecule has 1 aliphatic heterocycles. The van der Waals surface area contributed by atoms with Gasteiger partial charge in [0, 0.05) is 45.5 Å². The van der Waals surface area contributed by atoms with E-state index in [4.69, 9.17) is 15.2 Å². The Morgan fingerprint density at radius 1 is 1.35 bits per heavy atom. The fraction of sp³-hybridized carbons (Fsp3) is 0.524. The number of alkyl halides is 1. The van der Waals surface area contributed by atoms with Crippen molar-refractivity contribution in [2.24, 2.45) is 11.7 Å². The van der Waals surface area contributed by atoms with Crippen LogP contribution in [0, 0.1) is 11.7 Å². The number of carbonyl (C=O) groups is 1. The van der Waals surface area contributed by atoms with Crippen molar-refractivity contribution in [1.29, 1.82) is 0 Å². The highest BCUT2D eigenvalue weighted by molar-refractivity contribution is 5.97. The van der Waals surface area contributed by atoms with Gasteiger partial charge in [0.1, 0.15) is 17.4 Å². The van der Waals surface area contributed by atoms with Crippen molar-refractivity contribution in [3.63, 3.8) is 0 Å². The van der Waals surface area contributed by atoms with Gasteiger partial charge >= 0.3 is 5.97 Å². The average Bonchev–Trinajstić information content (AvgIpc) is 3.34. The molecule has 1 aliphatic carbocycles. The Bertz CT molecular complexity index is 1090. The molecule has 2 fully saturated rings.